The lowest BCUT2D eigenvalue weighted by atomic mass is 9.52. The van der Waals surface area contributed by atoms with Crippen LogP contribution in [0.15, 0.2) is 53.4 Å². The number of nitrogens with one attached hydrogen (secondary N) is 3. The maximum atomic E-state index is 13.4. The van der Waals surface area contributed by atoms with E-state index >= 15 is 0 Å². The number of sulfonamides is 1. The zero-order chi connectivity index (χ0) is 36.4. The number of carbonyl (C=O) groups excluding carboxylic acids is 1. The SMILES string of the molecule is Cc1cccc(C)c1-c1cc(OCC(CC(C)C)NC2CC3(CC(NC(=O)OC(C)(C)C)C3)C2)nc(NS(=O)(=O)c2cccc(C(=O)O)c2)n1. The van der Waals surface area contributed by atoms with E-state index < -0.39 is 21.6 Å². The third kappa shape index (κ3) is 9.30. The van der Waals surface area contributed by atoms with E-state index in [-0.39, 0.29) is 45.9 Å². The molecular formula is C37H49N5O7S. The molecule has 5 rings (SSSR count). The molecule has 1 aromatic heterocycles. The van der Waals surface area contributed by atoms with Gasteiger partial charge in [0.15, 0.2) is 0 Å². The molecule has 1 unspecified atom stereocenters. The van der Waals surface area contributed by atoms with Crippen LogP contribution >= 0.6 is 0 Å². The molecule has 0 radical (unpaired) electrons. The Morgan fingerprint density at radius 1 is 0.980 bits per heavy atom. The molecule has 1 spiro atoms. The Bertz CT molecular complexity index is 1810. The number of rotatable bonds is 13. The first kappa shape index (κ1) is 37.0. The number of nitrogens with zero attached hydrogens (tertiary/aromatic N) is 2. The van der Waals surface area contributed by atoms with Gasteiger partial charge in [-0.15, -0.1) is 0 Å². The summed E-state index contributed by atoms with van der Waals surface area (Å²) in [6.45, 7) is 14.1. The van der Waals surface area contributed by atoms with E-state index in [0.29, 0.717) is 24.3 Å². The predicted octanol–water partition coefficient (Wildman–Crippen LogP) is 6.48. The van der Waals surface area contributed by atoms with E-state index in [9.17, 15) is 23.1 Å². The summed E-state index contributed by atoms with van der Waals surface area (Å²) < 4.78 is 40.9. The Morgan fingerprint density at radius 2 is 1.62 bits per heavy atom. The van der Waals surface area contributed by atoms with Crippen LogP contribution < -0.4 is 20.1 Å². The first-order valence-electron chi connectivity index (χ1n) is 17.1. The number of carboxylic acids is 1. The van der Waals surface area contributed by atoms with Gasteiger partial charge in [-0.05, 0) is 107 Å². The molecule has 13 heteroatoms. The molecule has 2 saturated carbocycles. The van der Waals surface area contributed by atoms with Crippen molar-refractivity contribution in [2.75, 3.05) is 11.3 Å². The number of benzene rings is 2. The zero-order valence-electron chi connectivity index (χ0n) is 29.9. The Labute approximate surface area is 294 Å². The van der Waals surface area contributed by atoms with Gasteiger partial charge in [-0.25, -0.2) is 27.7 Å². The molecule has 1 atom stereocenters. The normalized spacial score (nSPS) is 20.8. The first-order valence-corrected chi connectivity index (χ1v) is 18.6. The molecule has 4 N–H and O–H groups in total. The van der Waals surface area contributed by atoms with Gasteiger partial charge in [-0.2, -0.15) is 4.98 Å². The molecule has 2 aliphatic rings. The monoisotopic (exact) mass is 707 g/mol. The fourth-order valence-electron chi connectivity index (χ4n) is 7.14. The van der Waals surface area contributed by atoms with Crippen molar-refractivity contribution in [3.05, 3.63) is 65.2 Å². The number of aryl methyl sites for hydroxylation is 2. The van der Waals surface area contributed by atoms with Gasteiger partial charge >= 0.3 is 12.1 Å². The summed E-state index contributed by atoms with van der Waals surface area (Å²) in [5, 5.41) is 16.2. The summed E-state index contributed by atoms with van der Waals surface area (Å²) in [6, 6.07) is 13.2. The van der Waals surface area contributed by atoms with Crippen molar-refractivity contribution in [3.63, 3.8) is 0 Å². The topological polar surface area (TPSA) is 169 Å². The molecule has 12 nitrogen and oxygen atoms in total. The van der Waals surface area contributed by atoms with Crippen LogP contribution in [0.4, 0.5) is 10.7 Å². The van der Waals surface area contributed by atoms with Gasteiger partial charge in [0.1, 0.15) is 12.2 Å². The quantitative estimate of drug-likeness (QED) is 0.154. The van der Waals surface area contributed by atoms with Gasteiger partial charge in [0.2, 0.25) is 11.8 Å². The van der Waals surface area contributed by atoms with E-state index in [1.165, 1.54) is 18.2 Å². The average Bonchev–Trinajstić information content (AvgIpc) is 2.96. The summed E-state index contributed by atoms with van der Waals surface area (Å²) in [4.78, 5) is 32.5. The van der Waals surface area contributed by atoms with Crippen molar-refractivity contribution in [2.45, 2.75) is 109 Å². The number of carbonyl (C=O) groups is 2. The Kier molecular flexibility index (Phi) is 10.8. The molecule has 2 aromatic carbocycles. The molecule has 1 heterocycles. The van der Waals surface area contributed by atoms with Crippen molar-refractivity contribution in [2.24, 2.45) is 11.3 Å². The second-order valence-electron chi connectivity index (χ2n) is 15.3. The van der Waals surface area contributed by atoms with E-state index in [1.54, 1.807) is 6.07 Å². The van der Waals surface area contributed by atoms with Crippen LogP contribution in [0.25, 0.3) is 11.3 Å². The standard InChI is InChI=1S/C37H49N5O7S/c1-22(2)14-26(38-27-17-37(18-27)19-28(20-37)39-35(45)49-36(5,6)7)21-48-31-16-30(32-23(3)10-8-11-24(32)4)40-34(41-31)42-50(46,47)29-13-9-12-25(15-29)33(43)44/h8-13,15-16,22,26-28,38H,14,17-21H2,1-7H3,(H,39,45)(H,43,44)(H,40,41,42). The van der Waals surface area contributed by atoms with Crippen molar-refractivity contribution < 1.29 is 32.6 Å². The van der Waals surface area contributed by atoms with Gasteiger partial charge in [-0.1, -0.05) is 38.1 Å². The van der Waals surface area contributed by atoms with Crippen molar-refractivity contribution in [3.8, 4) is 17.1 Å². The molecule has 0 bridgehead atoms. The van der Waals surface area contributed by atoms with E-state index in [2.05, 4.69) is 39.2 Å². The number of hydrogen-bond acceptors (Lipinski definition) is 9. The maximum Gasteiger partial charge on any atom is 0.407 e. The number of ether oxygens (including phenoxy) is 2. The molecule has 2 fully saturated rings. The minimum atomic E-state index is -4.23. The fraction of sp³-hybridized carbons (Fsp3) is 0.514. The highest BCUT2D eigenvalue weighted by molar-refractivity contribution is 7.92. The minimum Gasteiger partial charge on any atom is -0.478 e. The van der Waals surface area contributed by atoms with E-state index in [0.717, 1.165) is 54.9 Å². The second-order valence-corrected chi connectivity index (χ2v) is 17.0. The number of aromatic nitrogens is 2. The highest BCUT2D eigenvalue weighted by Crippen LogP contribution is 2.56. The summed E-state index contributed by atoms with van der Waals surface area (Å²) in [5.41, 5.74) is 2.80. The van der Waals surface area contributed by atoms with Crippen molar-refractivity contribution in [1.29, 1.82) is 0 Å². The maximum absolute atomic E-state index is 13.4. The lowest BCUT2D eigenvalue weighted by Crippen LogP contribution is -2.62. The fourth-order valence-corrected chi connectivity index (χ4v) is 8.13. The summed E-state index contributed by atoms with van der Waals surface area (Å²) in [7, 11) is -4.23. The molecule has 0 saturated heterocycles. The zero-order valence-corrected chi connectivity index (χ0v) is 30.7. The van der Waals surface area contributed by atoms with Crippen LogP contribution in [-0.4, -0.2) is 65.9 Å². The highest BCUT2D eigenvalue weighted by atomic mass is 32.2. The third-order valence-corrected chi connectivity index (χ3v) is 10.5. The smallest absolute Gasteiger partial charge is 0.407 e. The first-order chi connectivity index (χ1) is 23.4. The van der Waals surface area contributed by atoms with Crippen LogP contribution in [0.2, 0.25) is 0 Å². The number of alkyl carbamates (subject to hydrolysis) is 1. The third-order valence-electron chi connectivity index (χ3n) is 9.16. The molecule has 1 amide bonds. The van der Waals surface area contributed by atoms with Crippen molar-refractivity contribution in [1.82, 2.24) is 20.6 Å². The second kappa shape index (κ2) is 14.6. The van der Waals surface area contributed by atoms with Crippen molar-refractivity contribution >= 4 is 28.0 Å². The largest absolute Gasteiger partial charge is 0.478 e. The van der Waals surface area contributed by atoms with Gasteiger partial charge in [0, 0.05) is 29.8 Å². The number of carboxylic acid groups (broad SMARTS) is 1. The molecular weight excluding hydrogens is 659 g/mol. The van der Waals surface area contributed by atoms with Crippen LogP contribution in [-0.2, 0) is 14.8 Å². The summed E-state index contributed by atoms with van der Waals surface area (Å²) in [5.74, 6) is -0.810. The molecule has 270 valence electrons. The molecule has 0 aliphatic heterocycles. The summed E-state index contributed by atoms with van der Waals surface area (Å²) >= 11 is 0. The molecule has 50 heavy (non-hydrogen) atoms. The predicted molar refractivity (Wildman–Crippen MR) is 191 cm³/mol. The van der Waals surface area contributed by atoms with Crippen LogP contribution in [0.3, 0.4) is 0 Å². The van der Waals surface area contributed by atoms with Gasteiger partial charge in [-0.3, -0.25) is 0 Å². The lowest BCUT2D eigenvalue weighted by molar-refractivity contribution is -0.0376. The number of anilines is 1. The Morgan fingerprint density at radius 3 is 2.24 bits per heavy atom. The van der Waals surface area contributed by atoms with Crippen LogP contribution in [0, 0.1) is 25.2 Å². The van der Waals surface area contributed by atoms with Gasteiger partial charge in [0.05, 0.1) is 16.2 Å². The van der Waals surface area contributed by atoms with Crippen LogP contribution in [0.5, 0.6) is 5.88 Å². The number of hydrogen-bond donors (Lipinski definition) is 4. The van der Waals surface area contributed by atoms with Gasteiger partial charge < -0.3 is 25.2 Å². The highest BCUT2D eigenvalue weighted by Gasteiger charge is 2.53. The number of amides is 1. The minimum absolute atomic E-state index is 0.0191. The van der Waals surface area contributed by atoms with E-state index in [4.69, 9.17) is 9.47 Å². The van der Waals surface area contributed by atoms with Gasteiger partial charge in [0.25, 0.3) is 10.0 Å². The lowest BCUT2D eigenvalue weighted by Gasteiger charge is -2.58. The van der Waals surface area contributed by atoms with Crippen LogP contribution in [0.1, 0.15) is 88.2 Å². The average molecular weight is 708 g/mol. The Hall–Kier alpha value is -4.23. The number of aromatic carboxylic acids is 1. The molecule has 2 aliphatic carbocycles. The molecule has 3 aromatic rings. The Balaban J connectivity index is 1.29. The summed E-state index contributed by atoms with van der Waals surface area (Å²) in [6.07, 6.45) is 4.42. The van der Waals surface area contributed by atoms with E-state index in [1.807, 2.05) is 52.8 Å².